The Balaban J connectivity index is 1.96. The summed E-state index contributed by atoms with van der Waals surface area (Å²) in [6.45, 7) is 2.17. The molecule has 0 saturated heterocycles. The SMILES string of the molecule is OCC(Cc1ccccc1)N1CC=CC1. The number of aliphatic hydroxyl groups excluding tert-OH is 1. The standard InChI is InChI=1S/C13H17NO/c15-11-13(14-8-4-5-9-14)10-12-6-2-1-3-7-12/h1-7,13,15H,8-11H2. The molecule has 1 aliphatic heterocycles. The molecular formula is C13H17NO. The van der Waals surface area contributed by atoms with Crippen LogP contribution < -0.4 is 0 Å². The van der Waals surface area contributed by atoms with Crippen molar-refractivity contribution in [1.82, 2.24) is 4.90 Å². The minimum absolute atomic E-state index is 0.233. The Morgan fingerprint density at radius 1 is 1.13 bits per heavy atom. The molecule has 0 aliphatic carbocycles. The van der Waals surface area contributed by atoms with Crippen LogP contribution in [0, 0.1) is 0 Å². The highest BCUT2D eigenvalue weighted by Crippen LogP contribution is 2.11. The van der Waals surface area contributed by atoms with Gasteiger partial charge in [-0.15, -0.1) is 0 Å². The van der Waals surface area contributed by atoms with Crippen LogP contribution in [0.1, 0.15) is 5.56 Å². The van der Waals surface area contributed by atoms with Gasteiger partial charge in [0, 0.05) is 19.1 Å². The van der Waals surface area contributed by atoms with E-state index in [9.17, 15) is 5.11 Å². The highest BCUT2D eigenvalue weighted by molar-refractivity contribution is 5.16. The van der Waals surface area contributed by atoms with Gasteiger partial charge in [-0.3, -0.25) is 4.90 Å². The van der Waals surface area contributed by atoms with Crippen molar-refractivity contribution in [1.29, 1.82) is 0 Å². The molecule has 1 aromatic carbocycles. The zero-order valence-corrected chi connectivity index (χ0v) is 8.84. The number of hydrogen-bond donors (Lipinski definition) is 1. The van der Waals surface area contributed by atoms with Gasteiger partial charge in [-0.1, -0.05) is 42.5 Å². The molecule has 0 fully saturated rings. The summed E-state index contributed by atoms with van der Waals surface area (Å²) < 4.78 is 0. The number of benzene rings is 1. The summed E-state index contributed by atoms with van der Waals surface area (Å²) in [6, 6.07) is 10.6. The Morgan fingerprint density at radius 3 is 2.40 bits per heavy atom. The first-order valence-corrected chi connectivity index (χ1v) is 5.44. The maximum Gasteiger partial charge on any atom is 0.0590 e. The molecule has 2 heteroatoms. The number of aliphatic hydroxyl groups is 1. The monoisotopic (exact) mass is 203 g/mol. The third kappa shape index (κ3) is 2.67. The third-order valence-corrected chi connectivity index (χ3v) is 2.89. The van der Waals surface area contributed by atoms with E-state index < -0.39 is 0 Å². The Kier molecular flexibility index (Phi) is 3.54. The number of rotatable bonds is 4. The second-order valence-corrected chi connectivity index (χ2v) is 3.95. The van der Waals surface area contributed by atoms with E-state index in [2.05, 4.69) is 29.2 Å². The second-order valence-electron chi connectivity index (χ2n) is 3.95. The molecule has 0 saturated carbocycles. The largest absolute Gasteiger partial charge is 0.395 e. The van der Waals surface area contributed by atoms with Crippen molar-refractivity contribution in [2.24, 2.45) is 0 Å². The van der Waals surface area contributed by atoms with Gasteiger partial charge in [-0.05, 0) is 12.0 Å². The van der Waals surface area contributed by atoms with Gasteiger partial charge in [0.15, 0.2) is 0 Å². The number of nitrogens with zero attached hydrogens (tertiary/aromatic N) is 1. The van der Waals surface area contributed by atoms with Gasteiger partial charge < -0.3 is 5.11 Å². The number of hydrogen-bond acceptors (Lipinski definition) is 2. The van der Waals surface area contributed by atoms with Gasteiger partial charge in [0.25, 0.3) is 0 Å². The molecule has 1 aliphatic rings. The minimum Gasteiger partial charge on any atom is -0.395 e. The summed E-state index contributed by atoms with van der Waals surface area (Å²) in [5.74, 6) is 0. The van der Waals surface area contributed by atoms with Crippen LogP contribution >= 0.6 is 0 Å². The van der Waals surface area contributed by atoms with Crippen molar-refractivity contribution in [2.45, 2.75) is 12.5 Å². The van der Waals surface area contributed by atoms with E-state index in [1.54, 1.807) is 0 Å². The Labute approximate surface area is 90.8 Å². The van der Waals surface area contributed by atoms with E-state index in [0.29, 0.717) is 0 Å². The average Bonchev–Trinajstić information content (AvgIpc) is 2.81. The maximum atomic E-state index is 9.38. The molecule has 1 aromatic rings. The van der Waals surface area contributed by atoms with E-state index in [4.69, 9.17) is 0 Å². The summed E-state index contributed by atoms with van der Waals surface area (Å²) in [5.41, 5.74) is 1.29. The van der Waals surface area contributed by atoms with Crippen molar-refractivity contribution >= 4 is 0 Å². The van der Waals surface area contributed by atoms with Crippen LogP contribution in [-0.2, 0) is 6.42 Å². The first-order valence-electron chi connectivity index (χ1n) is 5.44. The highest BCUT2D eigenvalue weighted by atomic mass is 16.3. The quantitative estimate of drug-likeness (QED) is 0.749. The smallest absolute Gasteiger partial charge is 0.0590 e. The lowest BCUT2D eigenvalue weighted by Crippen LogP contribution is -2.37. The predicted octanol–water partition coefficient (Wildman–Crippen LogP) is 1.46. The van der Waals surface area contributed by atoms with Gasteiger partial charge in [0.05, 0.1) is 6.61 Å². The van der Waals surface area contributed by atoms with Crippen molar-refractivity contribution in [2.75, 3.05) is 19.7 Å². The average molecular weight is 203 g/mol. The molecule has 0 radical (unpaired) electrons. The summed E-state index contributed by atoms with van der Waals surface area (Å²) in [7, 11) is 0. The van der Waals surface area contributed by atoms with E-state index in [1.807, 2.05) is 18.2 Å². The van der Waals surface area contributed by atoms with Gasteiger partial charge >= 0.3 is 0 Å². The fraction of sp³-hybridized carbons (Fsp3) is 0.385. The molecule has 0 amide bonds. The second kappa shape index (κ2) is 5.10. The lowest BCUT2D eigenvalue weighted by molar-refractivity contribution is 0.150. The molecule has 15 heavy (non-hydrogen) atoms. The van der Waals surface area contributed by atoms with Crippen LogP contribution in [0.15, 0.2) is 42.5 Å². The Hall–Kier alpha value is -1.12. The normalized spacial score (nSPS) is 18.2. The molecule has 1 atom stereocenters. The lowest BCUT2D eigenvalue weighted by atomic mass is 10.1. The van der Waals surface area contributed by atoms with Crippen LogP contribution in [0.25, 0.3) is 0 Å². The Bertz CT molecular complexity index is 313. The van der Waals surface area contributed by atoms with Crippen LogP contribution in [0.3, 0.4) is 0 Å². The molecule has 2 rings (SSSR count). The van der Waals surface area contributed by atoms with Crippen molar-refractivity contribution in [3.63, 3.8) is 0 Å². The van der Waals surface area contributed by atoms with E-state index in [-0.39, 0.29) is 12.6 Å². The molecule has 1 unspecified atom stereocenters. The molecule has 2 nitrogen and oxygen atoms in total. The molecule has 80 valence electrons. The zero-order valence-electron chi connectivity index (χ0n) is 8.84. The van der Waals surface area contributed by atoms with E-state index >= 15 is 0 Å². The Morgan fingerprint density at radius 2 is 1.80 bits per heavy atom. The summed E-state index contributed by atoms with van der Waals surface area (Å²) in [6.07, 6.45) is 5.25. The van der Waals surface area contributed by atoms with Crippen LogP contribution in [0.2, 0.25) is 0 Å². The molecule has 1 N–H and O–H groups in total. The van der Waals surface area contributed by atoms with Crippen molar-refractivity contribution in [3.05, 3.63) is 48.0 Å². The van der Waals surface area contributed by atoms with Gasteiger partial charge in [0.2, 0.25) is 0 Å². The first-order chi connectivity index (χ1) is 7.40. The van der Waals surface area contributed by atoms with Crippen molar-refractivity contribution in [3.8, 4) is 0 Å². The van der Waals surface area contributed by atoms with Crippen molar-refractivity contribution < 1.29 is 5.11 Å². The van der Waals surface area contributed by atoms with Crippen LogP contribution in [0.5, 0.6) is 0 Å². The highest BCUT2D eigenvalue weighted by Gasteiger charge is 2.18. The van der Waals surface area contributed by atoms with E-state index in [1.165, 1.54) is 5.56 Å². The van der Waals surface area contributed by atoms with Crippen LogP contribution in [-0.4, -0.2) is 35.7 Å². The molecule has 0 spiro atoms. The fourth-order valence-electron chi connectivity index (χ4n) is 1.99. The molecule has 0 bridgehead atoms. The van der Waals surface area contributed by atoms with Gasteiger partial charge in [-0.25, -0.2) is 0 Å². The van der Waals surface area contributed by atoms with E-state index in [0.717, 1.165) is 19.5 Å². The molecule has 0 aromatic heterocycles. The van der Waals surface area contributed by atoms with Gasteiger partial charge in [0.1, 0.15) is 0 Å². The van der Waals surface area contributed by atoms with Gasteiger partial charge in [-0.2, -0.15) is 0 Å². The summed E-state index contributed by atoms with van der Waals surface area (Å²) in [4.78, 5) is 2.30. The first kappa shape index (κ1) is 10.4. The molecule has 1 heterocycles. The molecular weight excluding hydrogens is 186 g/mol. The maximum absolute atomic E-state index is 9.38. The minimum atomic E-state index is 0.233. The third-order valence-electron chi connectivity index (χ3n) is 2.89. The topological polar surface area (TPSA) is 23.5 Å². The van der Waals surface area contributed by atoms with Crippen LogP contribution in [0.4, 0.5) is 0 Å². The zero-order chi connectivity index (χ0) is 10.5. The summed E-state index contributed by atoms with van der Waals surface area (Å²) in [5, 5.41) is 9.38. The predicted molar refractivity (Wildman–Crippen MR) is 61.7 cm³/mol. The lowest BCUT2D eigenvalue weighted by Gasteiger charge is -2.25. The summed E-state index contributed by atoms with van der Waals surface area (Å²) >= 11 is 0. The fourth-order valence-corrected chi connectivity index (χ4v) is 1.99.